The lowest BCUT2D eigenvalue weighted by Crippen LogP contribution is -2.41. The van der Waals surface area contributed by atoms with Crippen LogP contribution in [0.2, 0.25) is 5.02 Å². The number of aromatic nitrogens is 2. The summed E-state index contributed by atoms with van der Waals surface area (Å²) in [6, 6.07) is 17.1. The minimum Gasteiger partial charge on any atom is -0.497 e. The molecule has 0 aliphatic carbocycles. The molecular formula is C29H25BrClFN4O4. The highest BCUT2D eigenvalue weighted by Crippen LogP contribution is 2.26. The third-order valence-corrected chi connectivity index (χ3v) is 8.13. The number of halogens is 3. The molecule has 1 N–H and O–H groups in total. The summed E-state index contributed by atoms with van der Waals surface area (Å²) in [5.74, 6) is -0.550. The summed E-state index contributed by atoms with van der Waals surface area (Å²) in [5, 5.41) is 3.34. The van der Waals surface area contributed by atoms with E-state index in [9.17, 15) is 18.8 Å². The number of carbonyl (C=O) groups is 2. The predicted molar refractivity (Wildman–Crippen MR) is 153 cm³/mol. The molecule has 4 aromatic rings. The van der Waals surface area contributed by atoms with Gasteiger partial charge in [0.15, 0.2) is 0 Å². The van der Waals surface area contributed by atoms with E-state index in [1.54, 1.807) is 66.4 Å². The summed E-state index contributed by atoms with van der Waals surface area (Å²) in [4.78, 5) is 42.5. The lowest BCUT2D eigenvalue weighted by Gasteiger charge is -2.28. The van der Waals surface area contributed by atoms with E-state index in [0.29, 0.717) is 37.8 Å². The van der Waals surface area contributed by atoms with Crippen LogP contribution in [0, 0.1) is 5.82 Å². The molecule has 1 aliphatic rings. The van der Waals surface area contributed by atoms with Crippen LogP contribution in [0.5, 0.6) is 5.75 Å². The molecule has 0 spiro atoms. The third-order valence-electron chi connectivity index (χ3n) is 6.90. The smallest absolute Gasteiger partial charge is 0.333 e. The fourth-order valence-electron chi connectivity index (χ4n) is 4.75. The van der Waals surface area contributed by atoms with Crippen LogP contribution in [0.25, 0.3) is 5.69 Å². The topological polar surface area (TPSA) is 85.6 Å². The number of rotatable bonds is 6. The van der Waals surface area contributed by atoms with Crippen molar-refractivity contribution in [3.63, 3.8) is 0 Å². The van der Waals surface area contributed by atoms with Crippen molar-refractivity contribution in [1.82, 2.24) is 19.4 Å². The first kappa shape index (κ1) is 27.7. The Morgan fingerprint density at radius 3 is 2.40 bits per heavy atom. The monoisotopic (exact) mass is 626 g/mol. The van der Waals surface area contributed by atoms with Gasteiger partial charge in [-0.1, -0.05) is 23.7 Å². The normalized spacial score (nSPS) is 13.5. The molecule has 206 valence electrons. The molecule has 5 rings (SSSR count). The number of methoxy groups -OCH3 is 1. The van der Waals surface area contributed by atoms with Gasteiger partial charge in [-0.3, -0.25) is 18.7 Å². The number of imidazole rings is 1. The second kappa shape index (κ2) is 11.3. The van der Waals surface area contributed by atoms with Crippen molar-refractivity contribution >= 4 is 39.3 Å². The minimum atomic E-state index is -0.500. The lowest BCUT2D eigenvalue weighted by molar-refractivity contribution is 0.0706. The number of nitrogens with one attached hydrogen (secondary N) is 1. The maximum Gasteiger partial charge on any atom is 0.333 e. The van der Waals surface area contributed by atoms with Gasteiger partial charge in [-0.05, 0) is 83.0 Å². The second-order valence-corrected chi connectivity index (χ2v) is 10.6. The van der Waals surface area contributed by atoms with Gasteiger partial charge in [0.2, 0.25) is 0 Å². The van der Waals surface area contributed by atoms with Crippen molar-refractivity contribution in [3.05, 3.63) is 115 Å². The van der Waals surface area contributed by atoms with Crippen molar-refractivity contribution in [2.24, 2.45) is 0 Å². The van der Waals surface area contributed by atoms with E-state index in [0.717, 1.165) is 0 Å². The average Bonchev–Trinajstić information content (AvgIpc) is 3.26. The summed E-state index contributed by atoms with van der Waals surface area (Å²) in [7, 11) is 1.54. The van der Waals surface area contributed by atoms with Crippen molar-refractivity contribution in [2.45, 2.75) is 26.1 Å². The maximum atomic E-state index is 13.8. The van der Waals surface area contributed by atoms with Crippen LogP contribution in [0.3, 0.4) is 0 Å². The van der Waals surface area contributed by atoms with Gasteiger partial charge in [-0.25, -0.2) is 9.18 Å². The van der Waals surface area contributed by atoms with Crippen molar-refractivity contribution in [1.29, 1.82) is 0 Å². The number of amides is 2. The first-order valence-corrected chi connectivity index (χ1v) is 13.6. The molecule has 1 aliphatic heterocycles. The predicted octanol–water partition coefficient (Wildman–Crippen LogP) is 5.35. The van der Waals surface area contributed by atoms with Gasteiger partial charge >= 0.3 is 5.69 Å². The largest absolute Gasteiger partial charge is 0.497 e. The number of carbonyl (C=O) groups excluding carboxylic acids is 2. The van der Waals surface area contributed by atoms with E-state index in [1.165, 1.54) is 28.4 Å². The SMILES string of the molecule is COc1ccc(-n2c(C(=O)NC(C)c3ccc(F)cc3)c3n(c2=O)CCN(C(=O)c2ccc(Br)c(Cl)c2)C3)cc1. The number of hydrogen-bond donors (Lipinski definition) is 1. The van der Waals surface area contributed by atoms with Crippen LogP contribution in [0.15, 0.2) is 76.0 Å². The van der Waals surface area contributed by atoms with Gasteiger partial charge in [-0.15, -0.1) is 0 Å². The molecule has 1 unspecified atom stereocenters. The molecule has 2 amide bonds. The number of fused-ring (bicyclic) bond motifs is 1. The Morgan fingerprint density at radius 2 is 1.75 bits per heavy atom. The minimum absolute atomic E-state index is 0.0403. The van der Waals surface area contributed by atoms with Gasteiger partial charge < -0.3 is 15.0 Å². The number of nitrogens with zero attached hydrogens (tertiary/aromatic N) is 3. The fourth-order valence-corrected chi connectivity index (χ4v) is 5.18. The second-order valence-electron chi connectivity index (χ2n) is 9.37. The van der Waals surface area contributed by atoms with E-state index in [1.807, 2.05) is 0 Å². The Kier molecular flexibility index (Phi) is 7.82. The zero-order valence-corrected chi connectivity index (χ0v) is 24.0. The molecule has 11 heteroatoms. The van der Waals surface area contributed by atoms with Crippen LogP contribution in [0.1, 0.15) is 45.1 Å². The van der Waals surface area contributed by atoms with Gasteiger partial charge in [-0.2, -0.15) is 0 Å². The quantitative estimate of drug-likeness (QED) is 0.313. The van der Waals surface area contributed by atoms with Crippen LogP contribution < -0.4 is 15.7 Å². The number of benzene rings is 3. The average molecular weight is 628 g/mol. The molecule has 2 heterocycles. The molecule has 1 aromatic heterocycles. The highest BCUT2D eigenvalue weighted by molar-refractivity contribution is 9.10. The van der Waals surface area contributed by atoms with Gasteiger partial charge in [0.05, 0.1) is 36.1 Å². The Hall–Kier alpha value is -3.89. The van der Waals surface area contributed by atoms with Crippen LogP contribution in [0.4, 0.5) is 4.39 Å². The first-order chi connectivity index (χ1) is 19.2. The molecule has 0 radical (unpaired) electrons. The molecule has 0 fully saturated rings. The van der Waals surface area contributed by atoms with Gasteiger partial charge in [0.25, 0.3) is 11.8 Å². The Labute approximate surface area is 243 Å². The molecular weight excluding hydrogens is 603 g/mol. The van der Waals surface area contributed by atoms with Gasteiger partial charge in [0.1, 0.15) is 17.3 Å². The Balaban J connectivity index is 1.55. The Bertz CT molecular complexity index is 1650. The zero-order chi connectivity index (χ0) is 28.6. The zero-order valence-electron chi connectivity index (χ0n) is 21.7. The van der Waals surface area contributed by atoms with Crippen LogP contribution >= 0.6 is 27.5 Å². The standard InChI is InChI=1S/C29H25BrClFN4O4/c1-17(18-3-6-20(32)7-4-18)33-27(37)26-25-16-34(28(38)19-5-12-23(30)24(31)15-19)13-14-35(25)29(39)36(26)21-8-10-22(40-2)11-9-21/h3-12,15,17H,13-14,16H2,1-2H3,(H,33,37). The number of hydrogen-bond acceptors (Lipinski definition) is 4. The molecule has 0 saturated carbocycles. The van der Waals surface area contributed by atoms with E-state index in [2.05, 4.69) is 21.2 Å². The summed E-state index contributed by atoms with van der Waals surface area (Å²) in [6.45, 7) is 2.30. The summed E-state index contributed by atoms with van der Waals surface area (Å²) in [6.07, 6.45) is 0. The van der Waals surface area contributed by atoms with Crippen LogP contribution in [-0.2, 0) is 13.1 Å². The van der Waals surface area contributed by atoms with E-state index in [4.69, 9.17) is 16.3 Å². The highest BCUT2D eigenvalue weighted by Gasteiger charge is 2.32. The van der Waals surface area contributed by atoms with Crippen molar-refractivity contribution in [3.8, 4) is 11.4 Å². The summed E-state index contributed by atoms with van der Waals surface area (Å²) in [5.41, 5.74) is 1.71. The fraction of sp³-hybridized carbons (Fsp3) is 0.207. The number of ether oxygens (including phenoxy) is 1. The summed E-state index contributed by atoms with van der Waals surface area (Å²) < 4.78 is 22.2. The molecule has 3 aromatic carbocycles. The van der Waals surface area contributed by atoms with Crippen molar-refractivity contribution < 1.29 is 18.7 Å². The van der Waals surface area contributed by atoms with Crippen LogP contribution in [-0.4, -0.2) is 39.5 Å². The lowest BCUT2D eigenvalue weighted by atomic mass is 10.1. The first-order valence-electron chi connectivity index (χ1n) is 12.5. The van der Waals surface area contributed by atoms with E-state index in [-0.39, 0.29) is 37.1 Å². The molecule has 40 heavy (non-hydrogen) atoms. The molecule has 0 bridgehead atoms. The molecule has 1 atom stereocenters. The maximum absolute atomic E-state index is 13.8. The molecule has 0 saturated heterocycles. The Morgan fingerprint density at radius 1 is 1.05 bits per heavy atom. The summed E-state index contributed by atoms with van der Waals surface area (Å²) >= 11 is 9.55. The van der Waals surface area contributed by atoms with E-state index < -0.39 is 17.6 Å². The molecule has 8 nitrogen and oxygen atoms in total. The highest BCUT2D eigenvalue weighted by atomic mass is 79.9. The van der Waals surface area contributed by atoms with Gasteiger partial charge in [0, 0.05) is 23.1 Å². The van der Waals surface area contributed by atoms with E-state index >= 15 is 0 Å². The third kappa shape index (κ3) is 5.29. The van der Waals surface area contributed by atoms with Crippen molar-refractivity contribution in [2.75, 3.05) is 13.7 Å².